The van der Waals surface area contributed by atoms with E-state index >= 15 is 0 Å². The second-order valence-corrected chi connectivity index (χ2v) is 5.10. The van der Waals surface area contributed by atoms with E-state index in [-0.39, 0.29) is 11.3 Å². The molecular formula is C12H24O. The van der Waals surface area contributed by atoms with E-state index in [9.17, 15) is 5.11 Å². The lowest BCUT2D eigenvalue weighted by molar-refractivity contribution is -0.0918. The standard InChI is InChI=1S/C12H24O/c1-7-8-9-12(13,10(2)3)11(4,5)6/h7-8,10,13H,9H2,1-6H3/b8-7+. The van der Waals surface area contributed by atoms with Crippen molar-refractivity contribution < 1.29 is 5.11 Å². The Bertz CT molecular complexity index is 174. The molecule has 0 saturated carbocycles. The van der Waals surface area contributed by atoms with Crippen LogP contribution in [0.3, 0.4) is 0 Å². The summed E-state index contributed by atoms with van der Waals surface area (Å²) in [6.07, 6.45) is 4.79. The van der Waals surface area contributed by atoms with E-state index in [1.54, 1.807) is 0 Å². The Kier molecular flexibility index (Phi) is 4.18. The summed E-state index contributed by atoms with van der Waals surface area (Å²) in [5, 5.41) is 10.5. The highest BCUT2D eigenvalue weighted by Crippen LogP contribution is 2.39. The minimum absolute atomic E-state index is 0.0688. The van der Waals surface area contributed by atoms with E-state index in [0.29, 0.717) is 0 Å². The van der Waals surface area contributed by atoms with Crippen LogP contribution in [0.2, 0.25) is 0 Å². The summed E-state index contributed by atoms with van der Waals surface area (Å²) in [5.74, 6) is 0.281. The molecule has 1 unspecified atom stereocenters. The molecule has 0 aliphatic heterocycles. The van der Waals surface area contributed by atoms with Crippen LogP contribution in [0.1, 0.15) is 48.0 Å². The van der Waals surface area contributed by atoms with E-state index in [4.69, 9.17) is 0 Å². The van der Waals surface area contributed by atoms with Gasteiger partial charge in [0.25, 0.3) is 0 Å². The van der Waals surface area contributed by atoms with Gasteiger partial charge in [-0.05, 0) is 24.7 Å². The highest BCUT2D eigenvalue weighted by Gasteiger charge is 2.41. The van der Waals surface area contributed by atoms with Gasteiger partial charge in [0, 0.05) is 0 Å². The lowest BCUT2D eigenvalue weighted by atomic mass is 9.68. The summed E-state index contributed by atoms with van der Waals surface area (Å²) in [7, 11) is 0. The molecule has 1 N–H and O–H groups in total. The van der Waals surface area contributed by atoms with E-state index in [0.717, 1.165) is 6.42 Å². The van der Waals surface area contributed by atoms with Crippen LogP contribution in [0, 0.1) is 11.3 Å². The molecule has 0 amide bonds. The maximum atomic E-state index is 10.5. The van der Waals surface area contributed by atoms with E-state index in [1.165, 1.54) is 0 Å². The maximum Gasteiger partial charge on any atom is 0.0752 e. The van der Waals surface area contributed by atoms with Crippen LogP contribution in [0.5, 0.6) is 0 Å². The fraction of sp³-hybridized carbons (Fsp3) is 0.833. The molecule has 13 heavy (non-hydrogen) atoms. The first-order chi connectivity index (χ1) is 5.75. The van der Waals surface area contributed by atoms with Gasteiger partial charge in [0.15, 0.2) is 0 Å². The van der Waals surface area contributed by atoms with Gasteiger partial charge in [0.1, 0.15) is 0 Å². The fourth-order valence-electron chi connectivity index (χ4n) is 1.71. The monoisotopic (exact) mass is 184 g/mol. The molecule has 0 saturated heterocycles. The van der Waals surface area contributed by atoms with Crippen molar-refractivity contribution in [1.82, 2.24) is 0 Å². The zero-order chi connectivity index (χ0) is 10.7. The zero-order valence-corrected chi connectivity index (χ0v) is 9.89. The average molecular weight is 184 g/mol. The van der Waals surface area contributed by atoms with Gasteiger partial charge in [0.05, 0.1) is 5.60 Å². The van der Waals surface area contributed by atoms with Crippen LogP contribution in [0.15, 0.2) is 12.2 Å². The molecule has 0 rings (SSSR count). The molecule has 0 bridgehead atoms. The number of aliphatic hydroxyl groups is 1. The Morgan fingerprint density at radius 2 is 1.69 bits per heavy atom. The smallest absolute Gasteiger partial charge is 0.0752 e. The van der Waals surface area contributed by atoms with Crippen molar-refractivity contribution in [2.75, 3.05) is 0 Å². The summed E-state index contributed by atoms with van der Waals surface area (Å²) in [6.45, 7) is 12.4. The molecule has 0 aromatic heterocycles. The van der Waals surface area contributed by atoms with Crippen molar-refractivity contribution in [2.45, 2.75) is 53.6 Å². The van der Waals surface area contributed by atoms with Crippen LogP contribution in [0.25, 0.3) is 0 Å². The zero-order valence-electron chi connectivity index (χ0n) is 9.89. The number of hydrogen-bond acceptors (Lipinski definition) is 1. The van der Waals surface area contributed by atoms with Gasteiger partial charge in [-0.3, -0.25) is 0 Å². The largest absolute Gasteiger partial charge is 0.389 e. The van der Waals surface area contributed by atoms with Crippen LogP contribution >= 0.6 is 0 Å². The summed E-state index contributed by atoms with van der Waals surface area (Å²) in [6, 6.07) is 0. The second kappa shape index (κ2) is 4.28. The topological polar surface area (TPSA) is 20.2 Å². The third-order valence-electron chi connectivity index (χ3n) is 2.92. The average Bonchev–Trinajstić information content (AvgIpc) is 1.97. The lowest BCUT2D eigenvalue weighted by Crippen LogP contribution is -2.47. The molecule has 0 heterocycles. The fourth-order valence-corrected chi connectivity index (χ4v) is 1.71. The first-order valence-electron chi connectivity index (χ1n) is 5.09. The van der Waals surface area contributed by atoms with Gasteiger partial charge < -0.3 is 5.11 Å². The Morgan fingerprint density at radius 1 is 1.23 bits per heavy atom. The molecule has 0 radical (unpaired) electrons. The van der Waals surface area contributed by atoms with Crippen molar-refractivity contribution in [2.24, 2.45) is 11.3 Å². The molecule has 0 aromatic carbocycles. The summed E-state index contributed by atoms with van der Waals surface area (Å²) >= 11 is 0. The molecule has 78 valence electrons. The normalized spacial score (nSPS) is 18.2. The van der Waals surface area contributed by atoms with Gasteiger partial charge in [0.2, 0.25) is 0 Å². The van der Waals surface area contributed by atoms with Gasteiger partial charge in [-0.1, -0.05) is 46.8 Å². The first kappa shape index (κ1) is 12.7. The summed E-state index contributed by atoms with van der Waals surface area (Å²) in [4.78, 5) is 0. The van der Waals surface area contributed by atoms with Crippen molar-refractivity contribution in [3.8, 4) is 0 Å². The quantitative estimate of drug-likeness (QED) is 0.667. The SMILES string of the molecule is C/C=C/CC(O)(C(C)C)C(C)(C)C. The van der Waals surface area contributed by atoms with E-state index in [1.807, 2.05) is 19.1 Å². The predicted octanol–water partition coefficient (Wildman–Crippen LogP) is 3.39. The van der Waals surface area contributed by atoms with E-state index in [2.05, 4.69) is 34.6 Å². The molecule has 0 spiro atoms. The summed E-state index contributed by atoms with van der Waals surface area (Å²) < 4.78 is 0. The van der Waals surface area contributed by atoms with Crippen molar-refractivity contribution in [3.63, 3.8) is 0 Å². The molecule has 1 heteroatoms. The third-order valence-corrected chi connectivity index (χ3v) is 2.92. The number of rotatable bonds is 3. The van der Waals surface area contributed by atoms with Crippen LogP contribution in [0.4, 0.5) is 0 Å². The molecule has 0 aliphatic carbocycles. The van der Waals surface area contributed by atoms with Gasteiger partial charge >= 0.3 is 0 Å². The third kappa shape index (κ3) is 2.84. The van der Waals surface area contributed by atoms with Crippen LogP contribution in [-0.4, -0.2) is 10.7 Å². The molecular weight excluding hydrogens is 160 g/mol. The first-order valence-corrected chi connectivity index (χ1v) is 5.09. The minimum atomic E-state index is -0.598. The van der Waals surface area contributed by atoms with Crippen LogP contribution in [-0.2, 0) is 0 Å². The van der Waals surface area contributed by atoms with Gasteiger partial charge in [-0.25, -0.2) is 0 Å². The molecule has 0 aliphatic rings. The van der Waals surface area contributed by atoms with Crippen molar-refractivity contribution in [3.05, 3.63) is 12.2 Å². The molecule has 1 atom stereocenters. The highest BCUT2D eigenvalue weighted by molar-refractivity contribution is 4.98. The predicted molar refractivity (Wildman–Crippen MR) is 58.7 cm³/mol. The molecule has 1 nitrogen and oxygen atoms in total. The Labute approximate surface area is 82.9 Å². The van der Waals surface area contributed by atoms with E-state index < -0.39 is 5.60 Å². The molecule has 0 aromatic rings. The van der Waals surface area contributed by atoms with Crippen LogP contribution < -0.4 is 0 Å². The van der Waals surface area contributed by atoms with Gasteiger partial charge in [-0.15, -0.1) is 0 Å². The maximum absolute atomic E-state index is 10.5. The Morgan fingerprint density at radius 3 is 1.92 bits per heavy atom. The summed E-state index contributed by atoms with van der Waals surface area (Å²) in [5.41, 5.74) is -0.666. The molecule has 0 fully saturated rings. The Balaban J connectivity index is 4.74. The minimum Gasteiger partial charge on any atom is -0.389 e. The van der Waals surface area contributed by atoms with Gasteiger partial charge in [-0.2, -0.15) is 0 Å². The number of allylic oxidation sites excluding steroid dienone is 1. The second-order valence-electron chi connectivity index (χ2n) is 5.10. The van der Waals surface area contributed by atoms with Crippen molar-refractivity contribution in [1.29, 1.82) is 0 Å². The Hall–Kier alpha value is -0.300. The highest BCUT2D eigenvalue weighted by atomic mass is 16.3. The lowest BCUT2D eigenvalue weighted by Gasteiger charge is -2.43. The van der Waals surface area contributed by atoms with Crippen molar-refractivity contribution >= 4 is 0 Å². The number of hydrogen-bond donors (Lipinski definition) is 1.